The normalized spacial score (nSPS) is 22.5. The van der Waals surface area contributed by atoms with Gasteiger partial charge in [-0.2, -0.15) is 0 Å². The van der Waals surface area contributed by atoms with E-state index in [1.165, 1.54) is 6.07 Å². The van der Waals surface area contributed by atoms with E-state index in [2.05, 4.69) is 20.8 Å². The van der Waals surface area contributed by atoms with Crippen LogP contribution in [-0.2, 0) is 29.1 Å². The highest BCUT2D eigenvalue weighted by Gasteiger charge is 2.37. The van der Waals surface area contributed by atoms with E-state index < -0.39 is 12.1 Å². The van der Waals surface area contributed by atoms with Gasteiger partial charge in [0.05, 0.1) is 29.0 Å². The number of aromatic nitrogens is 2. The minimum absolute atomic E-state index is 0.0335. The number of hydrogen-bond donors (Lipinski definition) is 1. The Bertz CT molecular complexity index is 1490. The lowest BCUT2D eigenvalue weighted by Gasteiger charge is -2.33. The van der Waals surface area contributed by atoms with E-state index in [9.17, 15) is 14.7 Å². The van der Waals surface area contributed by atoms with Crippen molar-refractivity contribution < 1.29 is 19.0 Å². The predicted octanol–water partition coefficient (Wildman–Crippen LogP) is 4.43. The third-order valence-electron chi connectivity index (χ3n) is 8.01. The maximum atomic E-state index is 15.1. The number of cyclic esters (lactones) is 1. The topological polar surface area (TPSA) is 81.4 Å². The van der Waals surface area contributed by atoms with Gasteiger partial charge in [-0.1, -0.05) is 20.8 Å². The number of carbonyl (C=O) groups excluding carboxylic acids is 1. The molecule has 0 spiro atoms. The van der Waals surface area contributed by atoms with Gasteiger partial charge in [0.25, 0.3) is 5.56 Å². The van der Waals surface area contributed by atoms with E-state index in [0.717, 1.165) is 41.3 Å². The minimum Gasteiger partial charge on any atom is -0.458 e. The zero-order valence-corrected chi connectivity index (χ0v) is 19.8. The molecule has 3 aromatic rings. The summed E-state index contributed by atoms with van der Waals surface area (Å²) in [5.41, 5.74) is 5.90. The molecule has 0 amide bonds. The van der Waals surface area contributed by atoms with Gasteiger partial charge in [0.1, 0.15) is 12.4 Å². The summed E-state index contributed by atoms with van der Waals surface area (Å²) in [6.45, 7) is 8.72. The number of rotatable bonds is 0. The van der Waals surface area contributed by atoms with Crippen LogP contribution in [0.2, 0.25) is 0 Å². The summed E-state index contributed by atoms with van der Waals surface area (Å²) in [7, 11) is 0. The molecule has 2 atom stereocenters. The van der Waals surface area contributed by atoms with Crippen LogP contribution >= 0.6 is 0 Å². The van der Waals surface area contributed by atoms with Crippen molar-refractivity contribution in [3.8, 4) is 11.4 Å². The Labute approximate surface area is 196 Å². The van der Waals surface area contributed by atoms with Gasteiger partial charge in [0.2, 0.25) is 0 Å². The van der Waals surface area contributed by atoms with Gasteiger partial charge < -0.3 is 14.4 Å². The number of nitrogens with zero attached hydrogens (tertiary/aromatic N) is 2. The lowest BCUT2D eigenvalue weighted by atomic mass is 9.72. The molecule has 3 aliphatic rings. The van der Waals surface area contributed by atoms with E-state index in [0.29, 0.717) is 34.6 Å². The predicted molar refractivity (Wildman–Crippen MR) is 125 cm³/mol. The lowest BCUT2D eigenvalue weighted by Crippen LogP contribution is -2.32. The number of pyridine rings is 2. The number of aliphatic hydroxyl groups is 1. The molecular weight excluding hydrogens is 435 g/mol. The summed E-state index contributed by atoms with van der Waals surface area (Å²) in [5, 5.41) is 11.4. The maximum absolute atomic E-state index is 15.1. The molecular formula is C27H27FN2O4. The van der Waals surface area contributed by atoms with Crippen LogP contribution in [0.4, 0.5) is 4.39 Å². The summed E-state index contributed by atoms with van der Waals surface area (Å²) in [6.07, 6.45) is 1.28. The van der Waals surface area contributed by atoms with Crippen molar-refractivity contribution in [1.82, 2.24) is 9.55 Å². The molecule has 2 unspecified atom stereocenters. The number of carbonyl (C=O) groups is 1. The molecule has 176 valence electrons. The first-order valence-corrected chi connectivity index (χ1v) is 11.8. The Morgan fingerprint density at radius 1 is 1.21 bits per heavy atom. The molecule has 2 aliphatic heterocycles. The monoisotopic (exact) mass is 462 g/mol. The van der Waals surface area contributed by atoms with E-state index in [1.54, 1.807) is 10.6 Å². The first-order chi connectivity index (χ1) is 16.1. The van der Waals surface area contributed by atoms with Gasteiger partial charge in [-0.15, -0.1) is 0 Å². The highest BCUT2D eigenvalue weighted by atomic mass is 19.1. The molecule has 34 heavy (non-hydrogen) atoms. The molecule has 1 aliphatic carbocycles. The average Bonchev–Trinajstić information content (AvgIpc) is 3.14. The standard InChI is InChI=1S/C27H27FN2O4/c1-12-5-6-27(3,4)9-15-16-10-30-20(7-14-17(25(30)32)11-34-26(33)24(14)31)23(16)29-19-8-18(28)13(2)21(12)22(15)19/h7-8,12,24,31H,5-6,9-11H2,1-4H3. The number of hydrogen-bond acceptors (Lipinski definition) is 5. The zero-order valence-electron chi connectivity index (χ0n) is 19.8. The van der Waals surface area contributed by atoms with Crippen LogP contribution in [-0.4, -0.2) is 20.6 Å². The third-order valence-corrected chi connectivity index (χ3v) is 8.01. The van der Waals surface area contributed by atoms with E-state index in [-0.39, 0.29) is 34.9 Å². The van der Waals surface area contributed by atoms with Crippen molar-refractivity contribution in [2.75, 3.05) is 0 Å². The molecule has 0 fully saturated rings. The number of fused-ring (bicyclic) bond motifs is 5. The van der Waals surface area contributed by atoms with Crippen molar-refractivity contribution in [2.45, 2.75) is 72.1 Å². The van der Waals surface area contributed by atoms with Crippen molar-refractivity contribution in [3.05, 3.63) is 61.7 Å². The number of esters is 1. The first kappa shape index (κ1) is 21.5. The van der Waals surface area contributed by atoms with Crippen LogP contribution in [0.1, 0.15) is 79.0 Å². The Morgan fingerprint density at radius 2 is 1.97 bits per heavy atom. The maximum Gasteiger partial charge on any atom is 0.340 e. The summed E-state index contributed by atoms with van der Waals surface area (Å²) in [5.74, 6) is -0.845. The first-order valence-electron chi connectivity index (χ1n) is 11.8. The molecule has 1 aromatic carbocycles. The number of benzene rings is 1. The van der Waals surface area contributed by atoms with E-state index >= 15 is 4.39 Å². The second-order valence-corrected chi connectivity index (χ2v) is 10.9. The second kappa shape index (κ2) is 6.98. The van der Waals surface area contributed by atoms with Gasteiger partial charge in [0, 0.05) is 22.6 Å². The highest BCUT2D eigenvalue weighted by Crippen LogP contribution is 2.46. The van der Waals surface area contributed by atoms with Gasteiger partial charge in [-0.05, 0) is 60.3 Å². The molecule has 0 saturated carbocycles. The molecule has 0 radical (unpaired) electrons. The van der Waals surface area contributed by atoms with Crippen LogP contribution in [0.5, 0.6) is 0 Å². The lowest BCUT2D eigenvalue weighted by molar-refractivity contribution is -0.157. The third kappa shape index (κ3) is 2.86. The number of halogens is 1. The molecule has 0 saturated heterocycles. The second-order valence-electron chi connectivity index (χ2n) is 10.9. The molecule has 6 nitrogen and oxygen atoms in total. The van der Waals surface area contributed by atoms with Gasteiger partial charge >= 0.3 is 5.97 Å². The van der Waals surface area contributed by atoms with Crippen LogP contribution < -0.4 is 5.56 Å². The summed E-state index contributed by atoms with van der Waals surface area (Å²) in [6, 6.07) is 3.19. The number of ether oxygens (including phenoxy) is 1. The van der Waals surface area contributed by atoms with E-state index in [4.69, 9.17) is 9.72 Å². The molecule has 6 rings (SSSR count). The van der Waals surface area contributed by atoms with E-state index in [1.807, 2.05) is 6.92 Å². The van der Waals surface area contributed by atoms with Gasteiger partial charge in [-0.3, -0.25) is 4.79 Å². The highest BCUT2D eigenvalue weighted by molar-refractivity contribution is 5.92. The van der Waals surface area contributed by atoms with Crippen molar-refractivity contribution in [2.24, 2.45) is 5.41 Å². The van der Waals surface area contributed by atoms with Gasteiger partial charge in [0.15, 0.2) is 6.10 Å². The molecule has 2 aromatic heterocycles. The Kier molecular flexibility index (Phi) is 4.41. The fourth-order valence-corrected chi connectivity index (χ4v) is 6.11. The van der Waals surface area contributed by atoms with Crippen molar-refractivity contribution >= 4 is 16.9 Å². The molecule has 0 bridgehead atoms. The Balaban J connectivity index is 1.70. The SMILES string of the molecule is Cc1c(F)cc2nc3c(c4c2c1C(C)CCC(C)(C)C4)Cn1c-3cc2c(c1=O)COC(=O)C2O. The number of aliphatic hydroxyl groups excluding tert-OH is 1. The summed E-state index contributed by atoms with van der Waals surface area (Å²) >= 11 is 0. The molecule has 1 N–H and O–H groups in total. The van der Waals surface area contributed by atoms with Crippen LogP contribution in [0.3, 0.4) is 0 Å². The van der Waals surface area contributed by atoms with Crippen LogP contribution in [0.25, 0.3) is 22.3 Å². The summed E-state index contributed by atoms with van der Waals surface area (Å²) in [4.78, 5) is 30.2. The Hall–Kier alpha value is -3.06. The smallest absolute Gasteiger partial charge is 0.340 e. The van der Waals surface area contributed by atoms with Crippen molar-refractivity contribution in [3.63, 3.8) is 0 Å². The minimum atomic E-state index is -1.50. The molecule has 7 heteroatoms. The van der Waals surface area contributed by atoms with Crippen LogP contribution in [0, 0.1) is 18.2 Å². The largest absolute Gasteiger partial charge is 0.458 e. The van der Waals surface area contributed by atoms with Crippen LogP contribution in [0.15, 0.2) is 16.9 Å². The zero-order chi connectivity index (χ0) is 24.1. The fourth-order valence-electron chi connectivity index (χ4n) is 6.11. The molecule has 4 heterocycles. The fraction of sp³-hybridized carbons (Fsp3) is 0.444. The van der Waals surface area contributed by atoms with Gasteiger partial charge in [-0.25, -0.2) is 14.2 Å². The Morgan fingerprint density at radius 3 is 2.74 bits per heavy atom. The summed E-state index contributed by atoms with van der Waals surface area (Å²) < 4.78 is 21.7. The average molecular weight is 463 g/mol. The van der Waals surface area contributed by atoms with Crippen molar-refractivity contribution in [1.29, 1.82) is 0 Å². The quantitative estimate of drug-likeness (QED) is 0.391.